The second-order valence-corrected chi connectivity index (χ2v) is 6.80. The Kier molecular flexibility index (Phi) is 4.22. The normalized spacial score (nSPS) is 19.3. The van der Waals surface area contributed by atoms with Crippen molar-refractivity contribution < 1.29 is 0 Å². The lowest BCUT2D eigenvalue weighted by atomic mass is 9.96. The summed E-state index contributed by atoms with van der Waals surface area (Å²) in [5, 5.41) is 6.02. The number of nitrogens with zero attached hydrogens (tertiary/aromatic N) is 2. The molecule has 4 heteroatoms. The minimum absolute atomic E-state index is 0.280. The molecule has 108 valence electrons. The molecule has 2 unspecified atom stereocenters. The maximum atomic E-state index is 4.48. The molecule has 3 rings (SSSR count). The lowest BCUT2D eigenvalue weighted by Crippen LogP contribution is -2.30. The van der Waals surface area contributed by atoms with Crippen molar-refractivity contribution in [2.75, 3.05) is 0 Å². The Morgan fingerprint density at radius 1 is 1.40 bits per heavy atom. The van der Waals surface area contributed by atoms with Gasteiger partial charge < -0.3 is 4.57 Å². The van der Waals surface area contributed by atoms with Crippen LogP contribution in [0.3, 0.4) is 0 Å². The number of imidazole rings is 1. The Labute approximate surface area is 125 Å². The van der Waals surface area contributed by atoms with E-state index in [4.69, 9.17) is 0 Å². The quantitative estimate of drug-likeness (QED) is 0.899. The molecule has 0 spiro atoms. The van der Waals surface area contributed by atoms with Crippen LogP contribution in [0.25, 0.3) is 0 Å². The van der Waals surface area contributed by atoms with Gasteiger partial charge in [-0.1, -0.05) is 18.9 Å². The van der Waals surface area contributed by atoms with E-state index in [-0.39, 0.29) is 6.04 Å². The van der Waals surface area contributed by atoms with Gasteiger partial charge in [0.15, 0.2) is 0 Å². The van der Waals surface area contributed by atoms with Crippen LogP contribution in [0.5, 0.6) is 0 Å². The molecule has 1 aliphatic carbocycles. The predicted octanol–water partition coefficient (Wildman–Crippen LogP) is 4.06. The van der Waals surface area contributed by atoms with E-state index in [1.807, 2.05) is 23.7 Å². The van der Waals surface area contributed by atoms with Gasteiger partial charge in [0, 0.05) is 30.4 Å². The van der Waals surface area contributed by atoms with Gasteiger partial charge in [-0.2, -0.15) is 0 Å². The molecule has 2 heterocycles. The van der Waals surface area contributed by atoms with Crippen LogP contribution in [0.2, 0.25) is 0 Å². The van der Waals surface area contributed by atoms with E-state index in [0.29, 0.717) is 6.04 Å². The van der Waals surface area contributed by atoms with E-state index in [1.54, 1.807) is 0 Å². The molecule has 0 aromatic carbocycles. The highest BCUT2D eigenvalue weighted by atomic mass is 32.1. The maximum absolute atomic E-state index is 4.48. The maximum Gasteiger partial charge on any atom is 0.125 e. The SMILES string of the molecule is CC(NC(c1cccs1)C1CCCC1)c1nccn1C. The van der Waals surface area contributed by atoms with Crippen LogP contribution in [-0.4, -0.2) is 9.55 Å². The molecule has 0 aliphatic heterocycles. The zero-order valence-corrected chi connectivity index (χ0v) is 13.1. The molecule has 0 bridgehead atoms. The second-order valence-electron chi connectivity index (χ2n) is 5.82. The molecule has 0 radical (unpaired) electrons. The zero-order chi connectivity index (χ0) is 13.9. The first-order chi connectivity index (χ1) is 9.75. The molecule has 2 aromatic heterocycles. The summed E-state index contributed by atoms with van der Waals surface area (Å²) in [6.45, 7) is 2.22. The average molecular weight is 289 g/mol. The summed E-state index contributed by atoms with van der Waals surface area (Å²) in [7, 11) is 2.07. The fraction of sp³-hybridized carbons (Fsp3) is 0.562. The molecule has 1 fully saturated rings. The molecule has 0 saturated heterocycles. The summed E-state index contributed by atoms with van der Waals surface area (Å²) < 4.78 is 2.11. The van der Waals surface area contributed by atoms with Gasteiger partial charge in [0.1, 0.15) is 5.82 Å². The molecule has 2 aromatic rings. The van der Waals surface area contributed by atoms with Gasteiger partial charge in [0.05, 0.1) is 6.04 Å². The van der Waals surface area contributed by atoms with Crippen LogP contribution in [0.15, 0.2) is 29.9 Å². The second kappa shape index (κ2) is 6.10. The zero-order valence-electron chi connectivity index (χ0n) is 12.2. The third kappa shape index (κ3) is 2.81. The van der Waals surface area contributed by atoms with E-state index >= 15 is 0 Å². The molecule has 1 aliphatic rings. The van der Waals surface area contributed by atoms with Crippen molar-refractivity contribution in [3.8, 4) is 0 Å². The van der Waals surface area contributed by atoms with Gasteiger partial charge in [0.25, 0.3) is 0 Å². The summed E-state index contributed by atoms with van der Waals surface area (Å²) >= 11 is 1.87. The van der Waals surface area contributed by atoms with Crippen molar-refractivity contribution in [3.63, 3.8) is 0 Å². The van der Waals surface area contributed by atoms with Crippen LogP contribution < -0.4 is 5.32 Å². The molecule has 1 saturated carbocycles. The molecule has 20 heavy (non-hydrogen) atoms. The van der Waals surface area contributed by atoms with Gasteiger partial charge in [0.2, 0.25) is 0 Å². The van der Waals surface area contributed by atoms with Gasteiger partial charge in [-0.3, -0.25) is 5.32 Å². The third-order valence-corrected chi connectivity index (χ3v) is 5.35. The van der Waals surface area contributed by atoms with Gasteiger partial charge in [-0.25, -0.2) is 4.98 Å². The molecule has 1 N–H and O–H groups in total. The van der Waals surface area contributed by atoms with Crippen LogP contribution in [-0.2, 0) is 7.05 Å². The number of aryl methyl sites for hydroxylation is 1. The van der Waals surface area contributed by atoms with Crippen LogP contribution in [0.1, 0.15) is 55.4 Å². The van der Waals surface area contributed by atoms with Gasteiger partial charge in [-0.05, 0) is 37.1 Å². The van der Waals surface area contributed by atoms with E-state index in [9.17, 15) is 0 Å². The van der Waals surface area contributed by atoms with Crippen molar-refractivity contribution in [2.24, 2.45) is 13.0 Å². The Morgan fingerprint density at radius 2 is 2.20 bits per heavy atom. The van der Waals surface area contributed by atoms with E-state index < -0.39 is 0 Å². The van der Waals surface area contributed by atoms with E-state index in [2.05, 4.69) is 46.4 Å². The van der Waals surface area contributed by atoms with Crippen molar-refractivity contribution in [2.45, 2.75) is 44.7 Å². The van der Waals surface area contributed by atoms with Gasteiger partial charge in [-0.15, -0.1) is 11.3 Å². The number of hydrogen-bond acceptors (Lipinski definition) is 3. The van der Waals surface area contributed by atoms with E-state index in [0.717, 1.165) is 11.7 Å². The smallest absolute Gasteiger partial charge is 0.125 e. The molecule has 2 atom stereocenters. The lowest BCUT2D eigenvalue weighted by Gasteiger charge is -2.27. The number of thiophene rings is 1. The Hall–Kier alpha value is -1.13. The Balaban J connectivity index is 1.78. The molecule has 0 amide bonds. The molecule has 3 nitrogen and oxygen atoms in total. The topological polar surface area (TPSA) is 29.9 Å². The molecular weight excluding hydrogens is 266 g/mol. The number of hydrogen-bond donors (Lipinski definition) is 1. The highest BCUT2D eigenvalue weighted by molar-refractivity contribution is 7.10. The van der Waals surface area contributed by atoms with Crippen molar-refractivity contribution in [1.82, 2.24) is 14.9 Å². The summed E-state index contributed by atoms with van der Waals surface area (Å²) in [4.78, 5) is 5.95. The largest absolute Gasteiger partial charge is 0.337 e. The van der Waals surface area contributed by atoms with Gasteiger partial charge >= 0.3 is 0 Å². The highest BCUT2D eigenvalue weighted by Gasteiger charge is 2.28. The molecular formula is C16H23N3S. The standard InChI is InChI=1S/C16H23N3S/c1-12(16-17-9-10-19(16)2)18-15(13-6-3-4-7-13)14-8-5-11-20-14/h5,8-13,15,18H,3-4,6-7H2,1-2H3. The third-order valence-electron chi connectivity index (χ3n) is 4.40. The lowest BCUT2D eigenvalue weighted by molar-refractivity contribution is 0.335. The predicted molar refractivity (Wildman–Crippen MR) is 83.8 cm³/mol. The first kappa shape index (κ1) is 13.8. The average Bonchev–Trinajstić information content (AvgIpc) is 3.18. The summed E-state index contributed by atoms with van der Waals surface area (Å²) in [6, 6.07) is 5.19. The number of nitrogens with one attached hydrogen (secondary N) is 1. The summed E-state index contributed by atoms with van der Waals surface area (Å²) in [5.74, 6) is 1.89. The number of rotatable bonds is 5. The van der Waals surface area contributed by atoms with Crippen molar-refractivity contribution in [3.05, 3.63) is 40.6 Å². The fourth-order valence-corrected chi connectivity index (χ4v) is 4.23. The minimum atomic E-state index is 0.280. The van der Waals surface area contributed by atoms with Crippen molar-refractivity contribution >= 4 is 11.3 Å². The summed E-state index contributed by atoms with van der Waals surface area (Å²) in [6.07, 6.45) is 9.36. The number of aromatic nitrogens is 2. The Morgan fingerprint density at radius 3 is 2.80 bits per heavy atom. The van der Waals surface area contributed by atoms with Crippen LogP contribution in [0.4, 0.5) is 0 Å². The minimum Gasteiger partial charge on any atom is -0.337 e. The van der Waals surface area contributed by atoms with E-state index in [1.165, 1.54) is 30.6 Å². The van der Waals surface area contributed by atoms with Crippen LogP contribution in [0, 0.1) is 5.92 Å². The first-order valence-corrected chi connectivity index (χ1v) is 8.40. The van der Waals surface area contributed by atoms with Crippen LogP contribution >= 0.6 is 11.3 Å². The monoisotopic (exact) mass is 289 g/mol. The van der Waals surface area contributed by atoms with Crippen molar-refractivity contribution in [1.29, 1.82) is 0 Å². The summed E-state index contributed by atoms with van der Waals surface area (Å²) in [5.41, 5.74) is 0. The first-order valence-electron chi connectivity index (χ1n) is 7.52. The highest BCUT2D eigenvalue weighted by Crippen LogP contribution is 2.38. The Bertz CT molecular complexity index is 526. The fourth-order valence-electron chi connectivity index (χ4n) is 3.35.